The van der Waals surface area contributed by atoms with Gasteiger partial charge in [0.1, 0.15) is 0 Å². The van der Waals surface area contributed by atoms with E-state index in [-0.39, 0.29) is 11.8 Å². The molecule has 1 heterocycles. The Morgan fingerprint density at radius 2 is 2.00 bits per heavy atom. The fraction of sp³-hybridized carbons (Fsp3) is 1.00. The smallest absolute Gasteiger partial charge is 0.214 e. The quantitative estimate of drug-likeness (QED) is 0.780. The summed E-state index contributed by atoms with van der Waals surface area (Å²) in [5.41, 5.74) is 6.03. The molecule has 5 heteroatoms. The first kappa shape index (κ1) is 12.3. The largest absolute Gasteiger partial charge is 0.326 e. The van der Waals surface area contributed by atoms with Crippen molar-refractivity contribution in [2.75, 3.05) is 18.8 Å². The normalized spacial score (nSPS) is 32.1. The van der Waals surface area contributed by atoms with Crippen molar-refractivity contribution in [1.29, 1.82) is 0 Å². The van der Waals surface area contributed by atoms with Gasteiger partial charge in [-0.3, -0.25) is 0 Å². The maximum absolute atomic E-state index is 12.0. The lowest BCUT2D eigenvalue weighted by Crippen LogP contribution is -2.33. The van der Waals surface area contributed by atoms with Gasteiger partial charge in [0.25, 0.3) is 0 Å². The van der Waals surface area contributed by atoms with Crippen molar-refractivity contribution in [3.8, 4) is 0 Å². The van der Waals surface area contributed by atoms with Crippen LogP contribution < -0.4 is 5.73 Å². The molecule has 1 aliphatic heterocycles. The zero-order valence-electron chi connectivity index (χ0n) is 9.93. The van der Waals surface area contributed by atoms with Gasteiger partial charge in [0, 0.05) is 19.1 Å². The molecule has 0 aromatic carbocycles. The average molecular weight is 246 g/mol. The van der Waals surface area contributed by atoms with Crippen LogP contribution in [0.25, 0.3) is 0 Å². The van der Waals surface area contributed by atoms with Crippen molar-refractivity contribution in [2.24, 2.45) is 17.6 Å². The monoisotopic (exact) mass is 246 g/mol. The summed E-state index contributed by atoms with van der Waals surface area (Å²) in [5.74, 6) is 1.39. The van der Waals surface area contributed by atoms with Gasteiger partial charge in [0.05, 0.1) is 5.75 Å². The van der Waals surface area contributed by atoms with Crippen molar-refractivity contribution in [1.82, 2.24) is 4.31 Å². The minimum absolute atomic E-state index is 0.0592. The first-order chi connectivity index (χ1) is 7.54. The second kappa shape index (κ2) is 4.63. The Kier molecular flexibility index (Phi) is 3.56. The average Bonchev–Trinajstić information content (AvgIpc) is 2.99. The first-order valence-corrected chi connectivity index (χ1v) is 7.89. The number of sulfonamides is 1. The summed E-state index contributed by atoms with van der Waals surface area (Å²) in [6, 6.07) is 0.0592. The molecule has 2 N–H and O–H groups in total. The fourth-order valence-electron chi connectivity index (χ4n) is 2.52. The molecule has 2 fully saturated rings. The molecule has 0 bridgehead atoms. The molecule has 16 heavy (non-hydrogen) atoms. The summed E-state index contributed by atoms with van der Waals surface area (Å²) in [5, 5.41) is 0. The molecule has 1 aliphatic carbocycles. The highest BCUT2D eigenvalue weighted by atomic mass is 32.2. The first-order valence-electron chi connectivity index (χ1n) is 6.28. The Labute approximate surface area is 98.2 Å². The summed E-state index contributed by atoms with van der Waals surface area (Å²) >= 11 is 0. The number of rotatable bonds is 5. The highest BCUT2D eigenvalue weighted by molar-refractivity contribution is 7.89. The zero-order chi connectivity index (χ0) is 11.8. The van der Waals surface area contributed by atoms with E-state index in [1.165, 1.54) is 12.8 Å². The number of hydrogen-bond acceptors (Lipinski definition) is 3. The van der Waals surface area contributed by atoms with E-state index in [0.29, 0.717) is 24.9 Å². The molecule has 1 saturated carbocycles. The van der Waals surface area contributed by atoms with Gasteiger partial charge in [-0.05, 0) is 31.1 Å². The third-order valence-corrected chi connectivity index (χ3v) is 5.65. The van der Waals surface area contributed by atoms with Gasteiger partial charge in [-0.1, -0.05) is 13.3 Å². The van der Waals surface area contributed by atoms with Crippen LogP contribution in [0.3, 0.4) is 0 Å². The Hall–Kier alpha value is -0.130. The molecule has 0 spiro atoms. The Morgan fingerprint density at radius 3 is 2.56 bits per heavy atom. The lowest BCUT2D eigenvalue weighted by molar-refractivity contribution is 0.427. The molecular formula is C11H22N2O2S. The lowest BCUT2D eigenvalue weighted by Gasteiger charge is -2.15. The van der Waals surface area contributed by atoms with E-state index >= 15 is 0 Å². The number of nitrogens with zero attached hydrogens (tertiary/aromatic N) is 1. The Bertz CT molecular complexity index is 338. The van der Waals surface area contributed by atoms with Gasteiger partial charge in [0.15, 0.2) is 0 Å². The highest BCUT2D eigenvalue weighted by Crippen LogP contribution is 2.41. The van der Waals surface area contributed by atoms with Crippen LogP contribution in [0.2, 0.25) is 0 Å². The van der Waals surface area contributed by atoms with Gasteiger partial charge >= 0.3 is 0 Å². The second-order valence-corrected chi connectivity index (χ2v) is 7.24. The van der Waals surface area contributed by atoms with Crippen LogP contribution in [-0.4, -0.2) is 37.6 Å². The summed E-state index contributed by atoms with van der Waals surface area (Å²) < 4.78 is 25.6. The van der Waals surface area contributed by atoms with Crippen LogP contribution in [0.1, 0.15) is 32.6 Å². The molecule has 2 rings (SSSR count). The highest BCUT2D eigenvalue weighted by Gasteiger charge is 2.43. The SMILES string of the molecule is CCCCS(=O)(=O)N1C[C@@H](N)[C@H](C2CC2)C1. The van der Waals surface area contributed by atoms with Crippen molar-refractivity contribution in [3.63, 3.8) is 0 Å². The van der Waals surface area contributed by atoms with E-state index in [2.05, 4.69) is 0 Å². The van der Waals surface area contributed by atoms with Gasteiger partial charge < -0.3 is 5.73 Å². The molecule has 4 nitrogen and oxygen atoms in total. The summed E-state index contributed by atoms with van der Waals surface area (Å²) in [4.78, 5) is 0. The van der Waals surface area contributed by atoms with Crippen LogP contribution in [0.4, 0.5) is 0 Å². The molecule has 0 aromatic rings. The predicted molar refractivity (Wildman–Crippen MR) is 64.5 cm³/mol. The van der Waals surface area contributed by atoms with Crippen LogP contribution in [-0.2, 0) is 10.0 Å². The fourth-order valence-corrected chi connectivity index (χ4v) is 4.23. The number of nitrogens with two attached hydrogens (primary N) is 1. The molecule has 0 amide bonds. The van der Waals surface area contributed by atoms with Crippen molar-refractivity contribution < 1.29 is 8.42 Å². The van der Waals surface area contributed by atoms with Crippen LogP contribution >= 0.6 is 0 Å². The third kappa shape index (κ3) is 2.57. The van der Waals surface area contributed by atoms with Gasteiger partial charge in [0.2, 0.25) is 10.0 Å². The summed E-state index contributed by atoms with van der Waals surface area (Å²) in [6.07, 6.45) is 4.15. The Balaban J connectivity index is 1.95. The van der Waals surface area contributed by atoms with Crippen molar-refractivity contribution in [2.45, 2.75) is 38.6 Å². The van der Waals surface area contributed by atoms with Crippen molar-refractivity contribution in [3.05, 3.63) is 0 Å². The molecule has 1 saturated heterocycles. The predicted octanol–water partition coefficient (Wildman–Crippen LogP) is 0.785. The minimum atomic E-state index is -3.04. The molecule has 2 aliphatic rings. The molecular weight excluding hydrogens is 224 g/mol. The van der Waals surface area contributed by atoms with E-state index < -0.39 is 10.0 Å². The lowest BCUT2D eigenvalue weighted by atomic mass is 9.99. The van der Waals surface area contributed by atoms with Gasteiger partial charge in [-0.15, -0.1) is 0 Å². The molecule has 94 valence electrons. The second-order valence-electron chi connectivity index (χ2n) is 5.15. The van der Waals surface area contributed by atoms with Crippen LogP contribution in [0, 0.1) is 11.8 Å². The third-order valence-electron chi connectivity index (χ3n) is 3.76. The van der Waals surface area contributed by atoms with Crippen LogP contribution in [0.15, 0.2) is 0 Å². The zero-order valence-corrected chi connectivity index (χ0v) is 10.7. The molecule has 0 unspecified atom stereocenters. The van der Waals surface area contributed by atoms with E-state index in [1.807, 2.05) is 6.92 Å². The van der Waals surface area contributed by atoms with Gasteiger partial charge in [-0.2, -0.15) is 0 Å². The number of unbranched alkanes of at least 4 members (excludes halogenated alkanes) is 1. The van der Waals surface area contributed by atoms with Gasteiger partial charge in [-0.25, -0.2) is 12.7 Å². The minimum Gasteiger partial charge on any atom is -0.326 e. The van der Waals surface area contributed by atoms with E-state index in [4.69, 9.17) is 5.73 Å². The standard InChI is InChI=1S/C11H22N2O2S/c1-2-3-6-16(14,15)13-7-10(9-4-5-9)11(12)8-13/h9-11H,2-8,12H2,1H3/t10-,11+/m0/s1. The van der Waals surface area contributed by atoms with E-state index in [0.717, 1.165) is 12.8 Å². The van der Waals surface area contributed by atoms with E-state index in [1.54, 1.807) is 4.31 Å². The summed E-state index contributed by atoms with van der Waals surface area (Å²) in [7, 11) is -3.04. The van der Waals surface area contributed by atoms with E-state index in [9.17, 15) is 8.42 Å². The topological polar surface area (TPSA) is 63.4 Å². The number of hydrogen-bond donors (Lipinski definition) is 1. The maximum Gasteiger partial charge on any atom is 0.214 e. The Morgan fingerprint density at radius 1 is 1.31 bits per heavy atom. The molecule has 0 aromatic heterocycles. The van der Waals surface area contributed by atoms with Crippen molar-refractivity contribution >= 4 is 10.0 Å². The molecule has 2 atom stereocenters. The maximum atomic E-state index is 12.0. The summed E-state index contributed by atoms with van der Waals surface area (Å²) in [6.45, 7) is 3.21. The molecule has 0 radical (unpaired) electrons. The van der Waals surface area contributed by atoms with Crippen LogP contribution in [0.5, 0.6) is 0 Å².